The molecule has 1 saturated heterocycles. The number of rotatable bonds is 6. The van der Waals surface area contributed by atoms with E-state index in [1.54, 1.807) is 24.4 Å². The Balaban J connectivity index is 1.11. The van der Waals surface area contributed by atoms with E-state index in [4.69, 9.17) is 0 Å². The van der Waals surface area contributed by atoms with Crippen molar-refractivity contribution < 1.29 is 4.79 Å². The molecule has 6 rings (SSSR count). The Kier molecular flexibility index (Phi) is 5.79. The molecule has 8 nitrogen and oxygen atoms in total. The number of nitrogens with one attached hydrogen (secondary N) is 1. The predicted molar refractivity (Wildman–Crippen MR) is 137 cm³/mol. The summed E-state index contributed by atoms with van der Waals surface area (Å²) in [6, 6.07) is 21.3. The number of pyridine rings is 2. The molecule has 180 valence electrons. The Hall–Kier alpha value is -4.30. The first-order valence-corrected chi connectivity index (χ1v) is 12.1. The molecule has 1 fully saturated rings. The van der Waals surface area contributed by atoms with E-state index in [9.17, 15) is 9.59 Å². The van der Waals surface area contributed by atoms with Gasteiger partial charge in [-0.3, -0.25) is 18.9 Å². The zero-order valence-electron chi connectivity index (χ0n) is 19.7. The second-order valence-electron chi connectivity index (χ2n) is 9.26. The van der Waals surface area contributed by atoms with Crippen LogP contribution >= 0.6 is 0 Å². The Morgan fingerprint density at radius 1 is 0.972 bits per heavy atom. The van der Waals surface area contributed by atoms with Crippen molar-refractivity contribution in [3.63, 3.8) is 0 Å². The van der Waals surface area contributed by atoms with Gasteiger partial charge in [0.25, 0.3) is 11.5 Å². The van der Waals surface area contributed by atoms with Crippen molar-refractivity contribution >= 4 is 17.2 Å². The number of nitrogens with zero attached hydrogens (tertiary/aromatic N) is 5. The van der Waals surface area contributed by atoms with Crippen molar-refractivity contribution in [2.75, 3.05) is 13.1 Å². The molecule has 1 aliphatic rings. The molecule has 0 bridgehead atoms. The van der Waals surface area contributed by atoms with Gasteiger partial charge in [0.1, 0.15) is 17.0 Å². The van der Waals surface area contributed by atoms with E-state index in [2.05, 4.69) is 62.8 Å². The SMILES string of the molecule is O=C(NCc1cn2cc(CN3CCC(c4ccccc4)C3)ccc2n1)c1cc(=O)n2ccccc2n1. The van der Waals surface area contributed by atoms with Gasteiger partial charge in [-0.1, -0.05) is 42.5 Å². The Labute approximate surface area is 207 Å². The minimum absolute atomic E-state index is 0.0941. The summed E-state index contributed by atoms with van der Waals surface area (Å²) in [5, 5.41) is 2.83. The van der Waals surface area contributed by atoms with Gasteiger partial charge in [-0.05, 0) is 48.2 Å². The number of hydrogen-bond acceptors (Lipinski definition) is 5. The zero-order valence-corrected chi connectivity index (χ0v) is 19.7. The molecule has 4 aromatic heterocycles. The first kappa shape index (κ1) is 22.2. The topological polar surface area (TPSA) is 84.0 Å². The molecule has 5 aromatic rings. The van der Waals surface area contributed by atoms with Gasteiger partial charge in [0.05, 0.1) is 12.2 Å². The number of benzene rings is 1. The summed E-state index contributed by atoms with van der Waals surface area (Å²) in [6.45, 7) is 3.30. The largest absolute Gasteiger partial charge is 0.345 e. The van der Waals surface area contributed by atoms with Crippen LogP contribution in [0, 0.1) is 0 Å². The average molecular weight is 479 g/mol. The molecule has 1 atom stereocenters. The summed E-state index contributed by atoms with van der Waals surface area (Å²) < 4.78 is 3.41. The normalized spacial score (nSPS) is 16.1. The van der Waals surface area contributed by atoms with Crippen LogP contribution in [0.15, 0.2) is 90.1 Å². The number of fused-ring (bicyclic) bond motifs is 2. The Bertz CT molecular complexity index is 1610. The molecule has 0 radical (unpaired) electrons. The Morgan fingerprint density at radius 2 is 1.83 bits per heavy atom. The van der Waals surface area contributed by atoms with Crippen LogP contribution in [0.5, 0.6) is 0 Å². The van der Waals surface area contributed by atoms with Crippen molar-refractivity contribution in [1.82, 2.24) is 29.0 Å². The molecular weight excluding hydrogens is 452 g/mol. The number of carbonyl (C=O) groups excluding carboxylic acids is 1. The van der Waals surface area contributed by atoms with Crippen molar-refractivity contribution in [3.05, 3.63) is 118 Å². The number of hydrogen-bond donors (Lipinski definition) is 1. The lowest BCUT2D eigenvalue weighted by Gasteiger charge is -2.16. The third kappa shape index (κ3) is 4.50. The molecule has 8 heteroatoms. The van der Waals surface area contributed by atoms with Crippen LogP contribution < -0.4 is 10.9 Å². The summed E-state index contributed by atoms with van der Waals surface area (Å²) in [5.74, 6) is 0.185. The highest BCUT2D eigenvalue weighted by Crippen LogP contribution is 2.28. The van der Waals surface area contributed by atoms with Gasteiger partial charge in [0.2, 0.25) is 0 Å². The van der Waals surface area contributed by atoms with Gasteiger partial charge in [0.15, 0.2) is 0 Å². The first-order valence-electron chi connectivity index (χ1n) is 12.1. The van der Waals surface area contributed by atoms with Gasteiger partial charge in [0, 0.05) is 37.7 Å². The molecule has 0 saturated carbocycles. The van der Waals surface area contributed by atoms with E-state index < -0.39 is 5.91 Å². The smallest absolute Gasteiger partial charge is 0.270 e. The van der Waals surface area contributed by atoms with E-state index >= 15 is 0 Å². The van der Waals surface area contributed by atoms with Crippen molar-refractivity contribution in [2.24, 2.45) is 0 Å². The summed E-state index contributed by atoms with van der Waals surface area (Å²) in [5.41, 5.74) is 4.45. The maximum absolute atomic E-state index is 12.6. The minimum atomic E-state index is -0.404. The minimum Gasteiger partial charge on any atom is -0.345 e. The number of aromatic nitrogens is 4. The standard InChI is InChI=1S/C28H26N6O2/c35-27-14-24(31-26-8-4-5-12-34(26)27)28(36)29-15-23-19-33-17-20(9-10-25(33)30-23)16-32-13-11-22(18-32)21-6-2-1-3-7-21/h1-10,12,14,17,19,22H,11,13,15-16,18H2,(H,29,36). The number of carbonyl (C=O) groups is 1. The lowest BCUT2D eigenvalue weighted by molar-refractivity contribution is 0.0945. The molecule has 1 aliphatic heterocycles. The maximum atomic E-state index is 12.6. The van der Waals surface area contributed by atoms with Gasteiger partial charge in [-0.2, -0.15) is 0 Å². The van der Waals surface area contributed by atoms with Crippen LogP contribution in [-0.4, -0.2) is 42.7 Å². The van der Waals surface area contributed by atoms with Gasteiger partial charge >= 0.3 is 0 Å². The molecular formula is C28H26N6O2. The fourth-order valence-corrected chi connectivity index (χ4v) is 4.93. The molecule has 0 spiro atoms. The summed E-state index contributed by atoms with van der Waals surface area (Å²) >= 11 is 0. The highest BCUT2D eigenvalue weighted by Gasteiger charge is 2.23. The van der Waals surface area contributed by atoms with Crippen LogP contribution in [0.4, 0.5) is 0 Å². The zero-order chi connectivity index (χ0) is 24.5. The van der Waals surface area contributed by atoms with Gasteiger partial charge in [-0.15, -0.1) is 0 Å². The second kappa shape index (κ2) is 9.39. The lowest BCUT2D eigenvalue weighted by Crippen LogP contribution is -2.27. The third-order valence-corrected chi connectivity index (χ3v) is 6.75. The number of amides is 1. The monoisotopic (exact) mass is 478 g/mol. The Morgan fingerprint density at radius 3 is 2.72 bits per heavy atom. The molecule has 36 heavy (non-hydrogen) atoms. The van der Waals surface area contributed by atoms with Crippen LogP contribution in [-0.2, 0) is 13.1 Å². The molecule has 0 aliphatic carbocycles. The van der Waals surface area contributed by atoms with E-state index in [1.807, 2.05) is 16.7 Å². The fourth-order valence-electron chi connectivity index (χ4n) is 4.93. The molecule has 1 aromatic carbocycles. The van der Waals surface area contributed by atoms with E-state index in [0.717, 1.165) is 31.0 Å². The van der Waals surface area contributed by atoms with Gasteiger partial charge in [-0.25, -0.2) is 9.97 Å². The van der Waals surface area contributed by atoms with Crippen molar-refractivity contribution in [2.45, 2.75) is 25.4 Å². The predicted octanol–water partition coefficient (Wildman–Crippen LogP) is 3.26. The molecule has 5 heterocycles. The van der Waals surface area contributed by atoms with Crippen LogP contribution in [0.25, 0.3) is 11.3 Å². The summed E-state index contributed by atoms with van der Waals surface area (Å²) in [7, 11) is 0. The maximum Gasteiger partial charge on any atom is 0.270 e. The van der Waals surface area contributed by atoms with Crippen LogP contribution in [0.3, 0.4) is 0 Å². The average Bonchev–Trinajstić information content (AvgIpc) is 3.54. The van der Waals surface area contributed by atoms with Crippen LogP contribution in [0.1, 0.15) is 39.6 Å². The summed E-state index contributed by atoms with van der Waals surface area (Å²) in [4.78, 5) is 36.3. The van der Waals surface area contributed by atoms with E-state index in [0.29, 0.717) is 11.6 Å². The second-order valence-corrected chi connectivity index (χ2v) is 9.26. The third-order valence-electron chi connectivity index (χ3n) is 6.75. The van der Waals surface area contributed by atoms with Crippen LogP contribution in [0.2, 0.25) is 0 Å². The first-order chi connectivity index (χ1) is 17.6. The van der Waals surface area contributed by atoms with Gasteiger partial charge < -0.3 is 9.72 Å². The van der Waals surface area contributed by atoms with E-state index in [1.165, 1.54) is 28.0 Å². The van der Waals surface area contributed by atoms with Crippen molar-refractivity contribution in [3.8, 4) is 0 Å². The molecule has 1 N–H and O–H groups in total. The lowest BCUT2D eigenvalue weighted by atomic mass is 9.99. The summed E-state index contributed by atoms with van der Waals surface area (Å²) in [6.07, 6.45) is 6.84. The number of likely N-dealkylation sites (tertiary alicyclic amines) is 1. The van der Waals surface area contributed by atoms with E-state index in [-0.39, 0.29) is 17.8 Å². The fraction of sp³-hybridized carbons (Fsp3) is 0.214. The number of imidazole rings is 1. The highest BCUT2D eigenvalue weighted by atomic mass is 16.2. The van der Waals surface area contributed by atoms with Crippen molar-refractivity contribution in [1.29, 1.82) is 0 Å². The molecule has 1 amide bonds. The highest BCUT2D eigenvalue weighted by molar-refractivity contribution is 5.92. The molecule has 1 unspecified atom stereocenters. The quantitative estimate of drug-likeness (QED) is 0.405.